The fraction of sp³-hybridized carbons (Fsp3) is 0.333. The van der Waals surface area contributed by atoms with E-state index in [1.165, 1.54) is 4.88 Å². The second-order valence-electron chi connectivity index (χ2n) is 5.37. The predicted molar refractivity (Wildman–Crippen MR) is 108 cm³/mol. The standard InChI is InChI=1S/C18H23BrN4OS/c1-20-18(23-12-9-16-4-2-13-25-16)22-11-3-10-21-17(24)14-5-7-15(19)8-6-14/h2,4-8,13H,3,9-12H2,1H3,(H,21,24)(H2,20,22,23). The number of aliphatic imine (C=N–C) groups is 1. The number of nitrogens with zero attached hydrogens (tertiary/aromatic N) is 1. The van der Waals surface area contributed by atoms with E-state index in [1.54, 1.807) is 30.5 Å². The molecule has 5 nitrogen and oxygen atoms in total. The molecule has 134 valence electrons. The molecule has 3 N–H and O–H groups in total. The Bertz CT molecular complexity index is 671. The zero-order valence-corrected chi connectivity index (χ0v) is 16.6. The summed E-state index contributed by atoms with van der Waals surface area (Å²) in [6, 6.07) is 11.5. The summed E-state index contributed by atoms with van der Waals surface area (Å²) in [6.45, 7) is 2.22. The van der Waals surface area contributed by atoms with Gasteiger partial charge in [0.1, 0.15) is 0 Å². The van der Waals surface area contributed by atoms with Crippen molar-refractivity contribution >= 4 is 39.1 Å². The number of nitrogens with one attached hydrogen (secondary N) is 3. The average Bonchev–Trinajstić information content (AvgIpc) is 3.13. The minimum Gasteiger partial charge on any atom is -0.356 e. The van der Waals surface area contributed by atoms with Gasteiger partial charge in [-0.05, 0) is 48.6 Å². The van der Waals surface area contributed by atoms with Crippen molar-refractivity contribution in [3.05, 3.63) is 56.7 Å². The Kier molecular flexibility index (Phi) is 8.48. The smallest absolute Gasteiger partial charge is 0.251 e. The van der Waals surface area contributed by atoms with Crippen molar-refractivity contribution in [2.75, 3.05) is 26.7 Å². The minimum absolute atomic E-state index is 0.0500. The second-order valence-corrected chi connectivity index (χ2v) is 7.32. The molecular weight excluding hydrogens is 400 g/mol. The summed E-state index contributed by atoms with van der Waals surface area (Å²) in [5.74, 6) is 0.738. The monoisotopic (exact) mass is 422 g/mol. The molecule has 0 radical (unpaired) electrons. The van der Waals surface area contributed by atoms with Crippen molar-refractivity contribution in [3.63, 3.8) is 0 Å². The van der Waals surface area contributed by atoms with Crippen molar-refractivity contribution in [3.8, 4) is 0 Å². The summed E-state index contributed by atoms with van der Waals surface area (Å²) in [6.07, 6.45) is 1.81. The van der Waals surface area contributed by atoms with E-state index in [9.17, 15) is 4.79 Å². The Hall–Kier alpha value is -1.86. The van der Waals surface area contributed by atoms with Crippen molar-refractivity contribution in [1.82, 2.24) is 16.0 Å². The van der Waals surface area contributed by atoms with Crippen LogP contribution in [0, 0.1) is 0 Å². The Morgan fingerprint density at radius 3 is 2.48 bits per heavy atom. The molecule has 0 spiro atoms. The van der Waals surface area contributed by atoms with Crippen LogP contribution in [0.25, 0.3) is 0 Å². The number of halogens is 1. The van der Waals surface area contributed by atoms with Crippen molar-refractivity contribution in [2.24, 2.45) is 4.99 Å². The Labute approximate surface area is 161 Å². The molecule has 0 bridgehead atoms. The Morgan fingerprint density at radius 1 is 1.08 bits per heavy atom. The Balaban J connectivity index is 1.57. The molecule has 0 atom stereocenters. The second kappa shape index (κ2) is 10.9. The lowest BCUT2D eigenvalue weighted by Gasteiger charge is -2.11. The number of carbonyl (C=O) groups excluding carboxylic acids is 1. The lowest BCUT2D eigenvalue weighted by Crippen LogP contribution is -2.39. The highest BCUT2D eigenvalue weighted by molar-refractivity contribution is 9.10. The molecule has 0 saturated heterocycles. The van der Waals surface area contributed by atoms with Gasteiger partial charge in [0.2, 0.25) is 0 Å². The number of benzene rings is 1. The number of carbonyl (C=O) groups is 1. The van der Waals surface area contributed by atoms with Crippen LogP contribution < -0.4 is 16.0 Å². The van der Waals surface area contributed by atoms with E-state index in [0.29, 0.717) is 12.1 Å². The summed E-state index contributed by atoms with van der Waals surface area (Å²) < 4.78 is 0.964. The van der Waals surface area contributed by atoms with Crippen molar-refractivity contribution in [2.45, 2.75) is 12.8 Å². The molecule has 0 aliphatic carbocycles. The molecule has 1 aromatic heterocycles. The zero-order valence-electron chi connectivity index (χ0n) is 14.2. The third-order valence-corrected chi connectivity index (χ3v) is 4.97. The highest BCUT2D eigenvalue weighted by Crippen LogP contribution is 2.10. The third kappa shape index (κ3) is 7.27. The van der Waals surface area contributed by atoms with Crippen LogP contribution in [0.4, 0.5) is 0 Å². The summed E-state index contributed by atoms with van der Waals surface area (Å²) in [5.41, 5.74) is 0.669. The molecule has 1 aromatic carbocycles. The number of hydrogen-bond acceptors (Lipinski definition) is 3. The first-order chi connectivity index (χ1) is 12.2. The molecule has 25 heavy (non-hydrogen) atoms. The molecule has 7 heteroatoms. The van der Waals surface area contributed by atoms with Gasteiger partial charge in [-0.3, -0.25) is 9.79 Å². The van der Waals surface area contributed by atoms with E-state index in [4.69, 9.17) is 0 Å². The lowest BCUT2D eigenvalue weighted by molar-refractivity contribution is 0.0953. The first kappa shape index (κ1) is 19.5. The van der Waals surface area contributed by atoms with Gasteiger partial charge in [-0.2, -0.15) is 0 Å². The molecule has 0 aliphatic heterocycles. The van der Waals surface area contributed by atoms with E-state index >= 15 is 0 Å². The number of guanidine groups is 1. The maximum atomic E-state index is 12.0. The molecule has 0 unspecified atom stereocenters. The number of hydrogen-bond donors (Lipinski definition) is 3. The maximum Gasteiger partial charge on any atom is 0.251 e. The molecular formula is C18H23BrN4OS. The van der Waals surface area contributed by atoms with Crippen molar-refractivity contribution in [1.29, 1.82) is 0 Å². The normalized spacial score (nSPS) is 11.2. The van der Waals surface area contributed by atoms with Crippen LogP contribution in [0.5, 0.6) is 0 Å². The molecule has 0 aliphatic rings. The summed E-state index contributed by atoms with van der Waals surface area (Å²) in [4.78, 5) is 17.5. The van der Waals surface area contributed by atoms with E-state index in [0.717, 1.165) is 36.4 Å². The molecule has 1 amide bonds. The highest BCUT2D eigenvalue weighted by Gasteiger charge is 2.04. The van der Waals surface area contributed by atoms with Crippen LogP contribution >= 0.6 is 27.3 Å². The van der Waals surface area contributed by atoms with Crippen molar-refractivity contribution < 1.29 is 4.79 Å². The van der Waals surface area contributed by atoms with Crippen LogP contribution in [-0.2, 0) is 6.42 Å². The minimum atomic E-state index is -0.0500. The molecule has 1 heterocycles. The fourth-order valence-electron chi connectivity index (χ4n) is 2.18. The van der Waals surface area contributed by atoms with Gasteiger partial charge in [-0.25, -0.2) is 0 Å². The van der Waals surface area contributed by atoms with Gasteiger partial charge in [-0.1, -0.05) is 22.0 Å². The summed E-state index contributed by atoms with van der Waals surface area (Å²) in [7, 11) is 1.76. The van der Waals surface area contributed by atoms with Gasteiger partial charge in [0.25, 0.3) is 5.91 Å². The quantitative estimate of drug-likeness (QED) is 0.348. The van der Waals surface area contributed by atoms with Gasteiger partial charge in [0, 0.05) is 41.6 Å². The number of amides is 1. The first-order valence-electron chi connectivity index (χ1n) is 8.19. The average molecular weight is 423 g/mol. The lowest BCUT2D eigenvalue weighted by atomic mass is 10.2. The number of rotatable bonds is 8. The van der Waals surface area contributed by atoms with E-state index in [2.05, 4.69) is 54.4 Å². The largest absolute Gasteiger partial charge is 0.356 e. The predicted octanol–water partition coefficient (Wildman–Crippen LogP) is 3.04. The van der Waals surface area contributed by atoms with E-state index in [1.807, 2.05) is 12.1 Å². The third-order valence-electron chi connectivity index (χ3n) is 3.51. The van der Waals surface area contributed by atoms with Crippen LogP contribution in [0.15, 0.2) is 51.2 Å². The molecule has 0 fully saturated rings. The molecule has 0 saturated carbocycles. The Morgan fingerprint density at radius 2 is 1.80 bits per heavy atom. The molecule has 2 aromatic rings. The van der Waals surface area contributed by atoms with Gasteiger partial charge in [-0.15, -0.1) is 11.3 Å². The van der Waals surface area contributed by atoms with E-state index < -0.39 is 0 Å². The van der Waals surface area contributed by atoms with Crippen LogP contribution in [0.1, 0.15) is 21.7 Å². The summed E-state index contributed by atoms with van der Waals surface area (Å²) in [5, 5.41) is 11.6. The van der Waals surface area contributed by atoms with E-state index in [-0.39, 0.29) is 5.91 Å². The summed E-state index contributed by atoms with van der Waals surface area (Å²) >= 11 is 5.13. The van der Waals surface area contributed by atoms with Crippen LogP contribution in [-0.4, -0.2) is 38.5 Å². The molecule has 2 rings (SSSR count). The highest BCUT2D eigenvalue weighted by atomic mass is 79.9. The van der Waals surface area contributed by atoms with Gasteiger partial charge < -0.3 is 16.0 Å². The van der Waals surface area contributed by atoms with Gasteiger partial charge in [0.15, 0.2) is 5.96 Å². The maximum absolute atomic E-state index is 12.0. The zero-order chi connectivity index (χ0) is 17.9. The first-order valence-corrected chi connectivity index (χ1v) is 9.87. The van der Waals surface area contributed by atoms with Gasteiger partial charge in [0.05, 0.1) is 0 Å². The number of thiophene rings is 1. The van der Waals surface area contributed by atoms with Crippen LogP contribution in [0.2, 0.25) is 0 Å². The SMILES string of the molecule is CN=C(NCCCNC(=O)c1ccc(Br)cc1)NCCc1cccs1. The topological polar surface area (TPSA) is 65.5 Å². The van der Waals surface area contributed by atoms with Gasteiger partial charge >= 0.3 is 0 Å². The van der Waals surface area contributed by atoms with Crippen LogP contribution in [0.3, 0.4) is 0 Å². The fourth-order valence-corrected chi connectivity index (χ4v) is 3.15.